The topological polar surface area (TPSA) is 37.3 Å². The summed E-state index contributed by atoms with van der Waals surface area (Å²) in [5.41, 5.74) is 4.90. The predicted octanol–water partition coefficient (Wildman–Crippen LogP) is 4.64. The first kappa shape index (κ1) is 16.5. The summed E-state index contributed by atoms with van der Waals surface area (Å²) in [5, 5.41) is 3.03. The van der Waals surface area contributed by atoms with Crippen molar-refractivity contribution in [2.75, 3.05) is 23.3 Å². The van der Waals surface area contributed by atoms with Crippen molar-refractivity contribution in [1.82, 2.24) is 4.57 Å². The average molecular weight is 345 g/mol. The van der Waals surface area contributed by atoms with Gasteiger partial charge in [-0.25, -0.2) is 0 Å². The normalized spacial score (nSPS) is 13.8. The molecule has 0 saturated carbocycles. The molecule has 2 heterocycles. The van der Waals surface area contributed by atoms with E-state index in [0.29, 0.717) is 5.56 Å². The monoisotopic (exact) mass is 345 g/mol. The summed E-state index contributed by atoms with van der Waals surface area (Å²) in [6, 6.07) is 17.9. The SMILES string of the molecule is Cc1cc(N2CCCC2)ccc1NC(=O)c1ccc(-n2cccc2)cc1. The van der Waals surface area contributed by atoms with Gasteiger partial charge in [0.25, 0.3) is 5.91 Å². The minimum Gasteiger partial charge on any atom is -0.372 e. The van der Waals surface area contributed by atoms with Gasteiger partial charge in [-0.15, -0.1) is 0 Å². The Morgan fingerprint density at radius 3 is 2.23 bits per heavy atom. The van der Waals surface area contributed by atoms with Gasteiger partial charge in [-0.05, 0) is 79.9 Å². The van der Waals surface area contributed by atoms with Gasteiger partial charge < -0.3 is 14.8 Å². The Kier molecular flexibility index (Phi) is 4.48. The van der Waals surface area contributed by atoms with E-state index in [-0.39, 0.29) is 5.91 Å². The maximum atomic E-state index is 12.6. The van der Waals surface area contributed by atoms with Crippen molar-refractivity contribution in [2.45, 2.75) is 19.8 Å². The fraction of sp³-hybridized carbons (Fsp3) is 0.227. The zero-order valence-electron chi connectivity index (χ0n) is 15.0. The van der Waals surface area contributed by atoms with Crippen LogP contribution < -0.4 is 10.2 Å². The minimum absolute atomic E-state index is 0.0823. The van der Waals surface area contributed by atoms with E-state index in [4.69, 9.17) is 0 Å². The smallest absolute Gasteiger partial charge is 0.255 e. The largest absolute Gasteiger partial charge is 0.372 e. The zero-order chi connectivity index (χ0) is 17.9. The van der Waals surface area contributed by atoms with Gasteiger partial charge >= 0.3 is 0 Å². The number of hydrogen-bond acceptors (Lipinski definition) is 2. The lowest BCUT2D eigenvalue weighted by atomic mass is 10.1. The molecule has 0 bridgehead atoms. The van der Waals surface area contributed by atoms with E-state index in [0.717, 1.165) is 30.0 Å². The highest BCUT2D eigenvalue weighted by molar-refractivity contribution is 6.04. The third-order valence-electron chi connectivity index (χ3n) is 4.96. The summed E-state index contributed by atoms with van der Waals surface area (Å²) in [6.45, 7) is 4.29. The molecule has 1 N–H and O–H groups in total. The molecule has 0 radical (unpaired) electrons. The van der Waals surface area contributed by atoms with Crippen LogP contribution in [0.1, 0.15) is 28.8 Å². The summed E-state index contributed by atoms with van der Waals surface area (Å²) in [6.07, 6.45) is 6.49. The van der Waals surface area contributed by atoms with Crippen molar-refractivity contribution in [3.8, 4) is 5.69 Å². The fourth-order valence-corrected chi connectivity index (χ4v) is 3.45. The van der Waals surface area contributed by atoms with E-state index in [9.17, 15) is 4.79 Å². The van der Waals surface area contributed by atoms with E-state index in [1.165, 1.54) is 18.5 Å². The molecule has 0 atom stereocenters. The van der Waals surface area contributed by atoms with Crippen LogP contribution in [0.15, 0.2) is 67.0 Å². The number of hydrogen-bond donors (Lipinski definition) is 1. The Labute approximate surface area is 154 Å². The Morgan fingerprint density at radius 1 is 0.923 bits per heavy atom. The molecule has 26 heavy (non-hydrogen) atoms. The van der Waals surface area contributed by atoms with Crippen molar-refractivity contribution in [3.63, 3.8) is 0 Å². The highest BCUT2D eigenvalue weighted by Gasteiger charge is 2.14. The summed E-state index contributed by atoms with van der Waals surface area (Å²) in [5.74, 6) is -0.0823. The first-order valence-corrected chi connectivity index (χ1v) is 9.11. The lowest BCUT2D eigenvalue weighted by molar-refractivity contribution is 0.102. The first-order valence-electron chi connectivity index (χ1n) is 9.11. The van der Waals surface area contributed by atoms with Crippen LogP contribution in [0.4, 0.5) is 11.4 Å². The van der Waals surface area contributed by atoms with Crippen LogP contribution in [0.5, 0.6) is 0 Å². The summed E-state index contributed by atoms with van der Waals surface area (Å²) in [7, 11) is 0. The Hall–Kier alpha value is -3.01. The van der Waals surface area contributed by atoms with E-state index in [1.54, 1.807) is 0 Å². The summed E-state index contributed by atoms with van der Waals surface area (Å²) >= 11 is 0. The molecule has 1 aliphatic rings. The van der Waals surface area contributed by atoms with Crippen molar-refractivity contribution < 1.29 is 4.79 Å². The van der Waals surface area contributed by atoms with Crippen LogP contribution in [-0.4, -0.2) is 23.6 Å². The predicted molar refractivity (Wildman–Crippen MR) is 106 cm³/mol. The van der Waals surface area contributed by atoms with Gasteiger partial charge in [-0.1, -0.05) is 0 Å². The molecule has 1 fully saturated rings. The van der Waals surface area contributed by atoms with Gasteiger partial charge in [0.1, 0.15) is 0 Å². The van der Waals surface area contributed by atoms with Gasteiger partial charge in [0.2, 0.25) is 0 Å². The molecule has 1 aliphatic heterocycles. The molecular weight excluding hydrogens is 322 g/mol. The number of carbonyl (C=O) groups is 1. The number of aromatic nitrogens is 1. The van der Waals surface area contributed by atoms with E-state index in [2.05, 4.69) is 22.3 Å². The van der Waals surface area contributed by atoms with E-state index >= 15 is 0 Å². The summed E-state index contributed by atoms with van der Waals surface area (Å²) < 4.78 is 2.02. The van der Waals surface area contributed by atoms with Crippen molar-refractivity contribution in [3.05, 3.63) is 78.1 Å². The Bertz CT molecular complexity index is 892. The van der Waals surface area contributed by atoms with Crippen molar-refractivity contribution >= 4 is 17.3 Å². The molecule has 3 aromatic rings. The molecule has 1 amide bonds. The van der Waals surface area contributed by atoms with Crippen molar-refractivity contribution in [1.29, 1.82) is 0 Å². The number of nitrogens with one attached hydrogen (secondary N) is 1. The second-order valence-electron chi connectivity index (χ2n) is 6.78. The lowest BCUT2D eigenvalue weighted by Gasteiger charge is -2.19. The molecule has 1 saturated heterocycles. The minimum atomic E-state index is -0.0823. The van der Waals surface area contributed by atoms with Gasteiger partial charge in [0, 0.05) is 48.1 Å². The second kappa shape index (κ2) is 7.08. The quantitative estimate of drug-likeness (QED) is 0.748. The van der Waals surface area contributed by atoms with Gasteiger partial charge in [-0.3, -0.25) is 4.79 Å². The highest BCUT2D eigenvalue weighted by Crippen LogP contribution is 2.26. The number of carbonyl (C=O) groups excluding carboxylic acids is 1. The van der Waals surface area contributed by atoms with Crippen LogP contribution in [0.25, 0.3) is 5.69 Å². The van der Waals surface area contributed by atoms with E-state index < -0.39 is 0 Å². The molecule has 1 aromatic heterocycles. The zero-order valence-corrected chi connectivity index (χ0v) is 15.0. The number of amides is 1. The molecule has 132 valence electrons. The standard InChI is InChI=1S/C22H23N3O/c1-17-16-20(25-14-4-5-15-25)10-11-21(17)23-22(26)18-6-8-19(9-7-18)24-12-2-3-13-24/h2-3,6-13,16H,4-5,14-15H2,1H3,(H,23,26). The van der Waals surface area contributed by atoms with Gasteiger partial charge in [0.15, 0.2) is 0 Å². The Morgan fingerprint density at radius 2 is 1.58 bits per heavy atom. The lowest BCUT2D eigenvalue weighted by Crippen LogP contribution is -2.18. The molecule has 4 rings (SSSR count). The first-order chi connectivity index (χ1) is 12.7. The van der Waals surface area contributed by atoms with Crippen LogP contribution in [-0.2, 0) is 0 Å². The average Bonchev–Trinajstić information content (AvgIpc) is 3.37. The molecule has 0 unspecified atom stereocenters. The fourth-order valence-electron chi connectivity index (χ4n) is 3.45. The number of aryl methyl sites for hydroxylation is 1. The molecule has 4 nitrogen and oxygen atoms in total. The highest BCUT2D eigenvalue weighted by atomic mass is 16.1. The Balaban J connectivity index is 1.47. The number of rotatable bonds is 4. The third-order valence-corrected chi connectivity index (χ3v) is 4.96. The molecular formula is C22H23N3O. The number of benzene rings is 2. The molecule has 4 heteroatoms. The maximum Gasteiger partial charge on any atom is 0.255 e. The van der Waals surface area contributed by atoms with Crippen LogP contribution in [0, 0.1) is 6.92 Å². The van der Waals surface area contributed by atoms with Gasteiger partial charge in [0.05, 0.1) is 0 Å². The van der Waals surface area contributed by atoms with Crippen LogP contribution in [0.2, 0.25) is 0 Å². The third kappa shape index (κ3) is 3.36. The molecule has 0 spiro atoms. The molecule has 2 aromatic carbocycles. The summed E-state index contributed by atoms with van der Waals surface area (Å²) in [4.78, 5) is 15.0. The number of nitrogens with zero attached hydrogens (tertiary/aromatic N) is 2. The second-order valence-corrected chi connectivity index (χ2v) is 6.78. The number of anilines is 2. The van der Waals surface area contributed by atoms with E-state index in [1.807, 2.05) is 66.3 Å². The van der Waals surface area contributed by atoms with Crippen LogP contribution in [0.3, 0.4) is 0 Å². The van der Waals surface area contributed by atoms with Gasteiger partial charge in [-0.2, -0.15) is 0 Å². The maximum absolute atomic E-state index is 12.6. The van der Waals surface area contributed by atoms with Crippen molar-refractivity contribution in [2.24, 2.45) is 0 Å². The van der Waals surface area contributed by atoms with Crippen LogP contribution >= 0.6 is 0 Å². The molecule has 0 aliphatic carbocycles.